The van der Waals surface area contributed by atoms with Crippen LogP contribution in [0.25, 0.3) is 6.08 Å². The molecule has 0 spiro atoms. The molecule has 0 bridgehead atoms. The predicted molar refractivity (Wildman–Crippen MR) is 97.8 cm³/mol. The second-order valence-electron chi connectivity index (χ2n) is 5.73. The van der Waals surface area contributed by atoms with Crippen LogP contribution >= 0.6 is 11.6 Å². The van der Waals surface area contributed by atoms with Gasteiger partial charge in [-0.1, -0.05) is 78.3 Å². The van der Waals surface area contributed by atoms with Crippen molar-refractivity contribution in [1.82, 2.24) is 0 Å². The fraction of sp³-hybridized carbons (Fsp3) is 0.0476. The van der Waals surface area contributed by atoms with Gasteiger partial charge in [0.05, 0.1) is 0 Å². The molecule has 0 aromatic heterocycles. The van der Waals surface area contributed by atoms with E-state index in [2.05, 4.69) is 66.0 Å². The number of anilines is 1. The fourth-order valence-corrected chi connectivity index (χ4v) is 3.34. The summed E-state index contributed by atoms with van der Waals surface area (Å²) in [6, 6.07) is 27.0. The Labute approximate surface area is 141 Å². The van der Waals surface area contributed by atoms with Gasteiger partial charge in [0, 0.05) is 10.7 Å². The highest BCUT2D eigenvalue weighted by Crippen LogP contribution is 2.40. The molecule has 1 aliphatic heterocycles. The quantitative estimate of drug-likeness (QED) is 0.637. The molecule has 1 aliphatic rings. The molecule has 0 atom stereocenters. The molecule has 2 heteroatoms. The lowest BCUT2D eigenvalue weighted by atomic mass is 9.80. The van der Waals surface area contributed by atoms with Crippen LogP contribution in [0.2, 0.25) is 5.02 Å². The standard InChI is InChI=1S/C21H16ClN/c22-19-11-12-20-16(15-19)13-14-21(23-20,17-7-3-1-4-8-17)18-9-5-2-6-10-18/h1-15,23H. The normalized spacial score (nSPS) is 14.8. The van der Waals surface area contributed by atoms with E-state index in [1.165, 1.54) is 11.1 Å². The Balaban J connectivity index is 1.92. The van der Waals surface area contributed by atoms with E-state index in [9.17, 15) is 0 Å². The van der Waals surface area contributed by atoms with Crippen molar-refractivity contribution in [3.05, 3.63) is 107 Å². The number of benzene rings is 3. The molecule has 0 aliphatic carbocycles. The first-order valence-electron chi connectivity index (χ1n) is 7.66. The molecule has 4 rings (SSSR count). The van der Waals surface area contributed by atoms with Crippen LogP contribution in [0.3, 0.4) is 0 Å². The van der Waals surface area contributed by atoms with Crippen molar-refractivity contribution in [1.29, 1.82) is 0 Å². The Bertz CT molecular complexity index is 814. The zero-order valence-corrected chi connectivity index (χ0v) is 13.3. The van der Waals surface area contributed by atoms with Crippen LogP contribution in [0.5, 0.6) is 0 Å². The van der Waals surface area contributed by atoms with Gasteiger partial charge in [0.2, 0.25) is 0 Å². The van der Waals surface area contributed by atoms with Gasteiger partial charge in [-0.15, -0.1) is 0 Å². The molecule has 23 heavy (non-hydrogen) atoms. The van der Waals surface area contributed by atoms with Gasteiger partial charge < -0.3 is 5.32 Å². The highest BCUT2D eigenvalue weighted by atomic mass is 35.5. The summed E-state index contributed by atoms with van der Waals surface area (Å²) >= 11 is 6.12. The summed E-state index contributed by atoms with van der Waals surface area (Å²) in [7, 11) is 0. The lowest BCUT2D eigenvalue weighted by Gasteiger charge is -2.37. The minimum absolute atomic E-state index is 0.372. The van der Waals surface area contributed by atoms with Gasteiger partial charge in [0.25, 0.3) is 0 Å². The molecular formula is C21H16ClN. The van der Waals surface area contributed by atoms with Gasteiger partial charge >= 0.3 is 0 Å². The Morgan fingerprint density at radius 1 is 0.739 bits per heavy atom. The maximum absolute atomic E-state index is 6.12. The van der Waals surface area contributed by atoms with E-state index in [4.69, 9.17) is 11.6 Å². The largest absolute Gasteiger partial charge is 0.368 e. The monoisotopic (exact) mass is 317 g/mol. The fourth-order valence-electron chi connectivity index (χ4n) is 3.16. The third-order valence-electron chi connectivity index (χ3n) is 4.32. The molecule has 0 fully saturated rings. The van der Waals surface area contributed by atoms with Crippen molar-refractivity contribution in [2.75, 3.05) is 5.32 Å². The molecule has 1 nitrogen and oxygen atoms in total. The SMILES string of the molecule is Clc1ccc2c(c1)C=CC(c1ccccc1)(c1ccccc1)N2. The van der Waals surface area contributed by atoms with E-state index in [0.717, 1.165) is 16.3 Å². The van der Waals surface area contributed by atoms with Crippen LogP contribution in [0.15, 0.2) is 84.9 Å². The Hall–Kier alpha value is -2.51. The van der Waals surface area contributed by atoms with Crippen molar-refractivity contribution < 1.29 is 0 Å². The average molecular weight is 318 g/mol. The zero-order valence-electron chi connectivity index (χ0n) is 12.5. The molecule has 0 amide bonds. The van der Waals surface area contributed by atoms with Crippen molar-refractivity contribution in [2.24, 2.45) is 0 Å². The number of hydrogen-bond acceptors (Lipinski definition) is 1. The minimum atomic E-state index is -0.372. The van der Waals surface area contributed by atoms with Gasteiger partial charge in [-0.2, -0.15) is 0 Å². The Morgan fingerprint density at radius 3 is 1.96 bits per heavy atom. The number of nitrogens with one attached hydrogen (secondary N) is 1. The lowest BCUT2D eigenvalue weighted by Crippen LogP contribution is -2.36. The van der Waals surface area contributed by atoms with Crippen molar-refractivity contribution in [2.45, 2.75) is 5.54 Å². The van der Waals surface area contributed by atoms with E-state index in [0.29, 0.717) is 0 Å². The highest BCUT2D eigenvalue weighted by molar-refractivity contribution is 6.30. The second kappa shape index (κ2) is 5.60. The third-order valence-corrected chi connectivity index (χ3v) is 4.55. The topological polar surface area (TPSA) is 12.0 Å². The van der Waals surface area contributed by atoms with E-state index in [1.54, 1.807) is 0 Å². The molecule has 0 unspecified atom stereocenters. The molecule has 0 saturated carbocycles. The van der Waals surface area contributed by atoms with Crippen molar-refractivity contribution in [3.8, 4) is 0 Å². The van der Waals surface area contributed by atoms with Crippen LogP contribution in [0.4, 0.5) is 5.69 Å². The predicted octanol–water partition coefficient (Wildman–Crippen LogP) is 5.72. The van der Waals surface area contributed by atoms with Gasteiger partial charge in [-0.25, -0.2) is 0 Å². The maximum atomic E-state index is 6.12. The molecular weight excluding hydrogens is 302 g/mol. The summed E-state index contributed by atoms with van der Waals surface area (Å²) in [4.78, 5) is 0. The lowest BCUT2D eigenvalue weighted by molar-refractivity contribution is 0.741. The van der Waals surface area contributed by atoms with Crippen LogP contribution in [-0.2, 0) is 5.54 Å². The molecule has 3 aromatic rings. The van der Waals surface area contributed by atoms with Crippen molar-refractivity contribution in [3.63, 3.8) is 0 Å². The van der Waals surface area contributed by atoms with E-state index >= 15 is 0 Å². The van der Waals surface area contributed by atoms with Gasteiger partial charge in [0.1, 0.15) is 5.54 Å². The number of hydrogen-bond donors (Lipinski definition) is 1. The average Bonchev–Trinajstić information content (AvgIpc) is 2.63. The zero-order chi connectivity index (χ0) is 15.7. The first kappa shape index (κ1) is 14.1. The minimum Gasteiger partial charge on any atom is -0.368 e. The summed E-state index contributed by atoms with van der Waals surface area (Å²) in [5.41, 5.74) is 4.25. The summed E-state index contributed by atoms with van der Waals surface area (Å²) in [5, 5.41) is 4.48. The summed E-state index contributed by atoms with van der Waals surface area (Å²) in [6.07, 6.45) is 4.37. The van der Waals surface area contributed by atoms with Crippen LogP contribution in [0, 0.1) is 0 Å². The summed E-state index contributed by atoms with van der Waals surface area (Å²) in [6.45, 7) is 0. The van der Waals surface area contributed by atoms with Gasteiger partial charge in [-0.05, 0) is 41.0 Å². The van der Waals surface area contributed by atoms with E-state index < -0.39 is 0 Å². The Morgan fingerprint density at radius 2 is 1.35 bits per heavy atom. The van der Waals surface area contributed by atoms with Gasteiger partial charge in [0.15, 0.2) is 0 Å². The third kappa shape index (κ3) is 2.43. The van der Waals surface area contributed by atoms with Crippen LogP contribution in [-0.4, -0.2) is 0 Å². The number of halogens is 1. The molecule has 1 N–H and O–H groups in total. The summed E-state index contributed by atoms with van der Waals surface area (Å²) in [5.74, 6) is 0. The number of rotatable bonds is 2. The smallest absolute Gasteiger partial charge is 0.107 e. The Kier molecular flexibility index (Phi) is 3.44. The molecule has 1 heterocycles. The molecule has 112 valence electrons. The van der Waals surface area contributed by atoms with E-state index in [-0.39, 0.29) is 5.54 Å². The number of fused-ring (bicyclic) bond motifs is 1. The molecule has 0 radical (unpaired) electrons. The first-order chi connectivity index (χ1) is 11.3. The first-order valence-corrected chi connectivity index (χ1v) is 8.04. The maximum Gasteiger partial charge on any atom is 0.107 e. The summed E-state index contributed by atoms with van der Waals surface area (Å²) < 4.78 is 0. The van der Waals surface area contributed by atoms with Crippen molar-refractivity contribution >= 4 is 23.4 Å². The molecule has 3 aromatic carbocycles. The van der Waals surface area contributed by atoms with Gasteiger partial charge in [-0.3, -0.25) is 0 Å². The highest BCUT2D eigenvalue weighted by Gasteiger charge is 2.33. The second-order valence-corrected chi connectivity index (χ2v) is 6.17. The van der Waals surface area contributed by atoms with Crippen LogP contribution < -0.4 is 5.32 Å². The van der Waals surface area contributed by atoms with Crippen LogP contribution in [0.1, 0.15) is 16.7 Å². The molecule has 0 saturated heterocycles. The van der Waals surface area contributed by atoms with E-state index in [1.807, 2.05) is 30.3 Å².